The van der Waals surface area contributed by atoms with Gasteiger partial charge in [-0.15, -0.1) is 12.6 Å². The second-order valence-electron chi connectivity index (χ2n) is 1.11. The predicted molar refractivity (Wildman–Crippen MR) is 33.0 cm³/mol. The summed E-state index contributed by atoms with van der Waals surface area (Å²) in [4.78, 5) is 0.502. The van der Waals surface area contributed by atoms with Crippen LogP contribution in [0.2, 0.25) is 0 Å². The first kappa shape index (κ1) is 6.58. The van der Waals surface area contributed by atoms with E-state index in [1.807, 2.05) is 13.0 Å². The summed E-state index contributed by atoms with van der Waals surface area (Å²) >= 11 is 3.81. The second kappa shape index (κ2) is 3.76. The highest BCUT2D eigenvalue weighted by Crippen LogP contribution is 1.97. The van der Waals surface area contributed by atoms with Gasteiger partial charge in [0, 0.05) is 0 Å². The minimum absolute atomic E-state index is 0.502. The maximum Gasteiger partial charge on any atom is 0.106 e. The highest BCUT2D eigenvalue weighted by atomic mass is 32.1. The summed E-state index contributed by atoms with van der Waals surface area (Å²) in [6, 6.07) is 1.89. The molecule has 0 rings (SSSR count). The Kier molecular flexibility index (Phi) is 3.53. The number of allylic oxidation sites excluding steroid dienone is 2. The molecule has 0 aliphatic rings. The molecule has 0 saturated heterocycles. The molecule has 0 aliphatic carbocycles. The molecule has 0 amide bonds. The fourth-order valence-corrected chi connectivity index (χ4v) is 0.422. The van der Waals surface area contributed by atoms with E-state index in [0.717, 1.165) is 6.42 Å². The average Bonchev–Trinajstić information content (AvgIpc) is 1.68. The van der Waals surface area contributed by atoms with E-state index in [2.05, 4.69) is 12.6 Å². The average molecular weight is 113 g/mol. The van der Waals surface area contributed by atoms with Crippen molar-refractivity contribution in [2.45, 2.75) is 13.3 Å². The molecule has 0 saturated carbocycles. The van der Waals surface area contributed by atoms with Crippen molar-refractivity contribution < 1.29 is 0 Å². The summed E-state index contributed by atoms with van der Waals surface area (Å²) in [5.74, 6) is 0. The lowest BCUT2D eigenvalue weighted by Gasteiger charge is -1.76. The van der Waals surface area contributed by atoms with Gasteiger partial charge in [-0.3, -0.25) is 0 Å². The maximum atomic E-state index is 8.07. The van der Waals surface area contributed by atoms with E-state index in [9.17, 15) is 0 Å². The first-order chi connectivity index (χ1) is 3.31. The Hall–Kier alpha value is -0.420. The zero-order valence-corrected chi connectivity index (χ0v) is 5.07. The molecule has 0 radical (unpaired) electrons. The fraction of sp³-hybridized carbons (Fsp3) is 0.400. The van der Waals surface area contributed by atoms with Crippen molar-refractivity contribution in [3.63, 3.8) is 0 Å². The van der Waals surface area contributed by atoms with E-state index in [1.165, 1.54) is 0 Å². The number of thiol groups is 1. The number of hydrogen-bond donors (Lipinski definition) is 1. The molecule has 2 heteroatoms. The molecule has 7 heavy (non-hydrogen) atoms. The molecule has 0 N–H and O–H groups in total. The molecule has 0 unspecified atom stereocenters. The molecule has 0 bridgehead atoms. The minimum atomic E-state index is 0.502. The van der Waals surface area contributed by atoms with Crippen molar-refractivity contribution >= 4 is 12.6 Å². The Bertz CT molecular complexity index is 110. The highest BCUT2D eigenvalue weighted by molar-refractivity contribution is 7.84. The minimum Gasteiger partial charge on any atom is -0.192 e. The molecular weight excluding hydrogens is 106 g/mol. The topological polar surface area (TPSA) is 23.8 Å². The largest absolute Gasteiger partial charge is 0.192 e. The van der Waals surface area contributed by atoms with E-state index in [0.29, 0.717) is 4.91 Å². The van der Waals surface area contributed by atoms with Crippen LogP contribution in [0.3, 0.4) is 0 Å². The van der Waals surface area contributed by atoms with Gasteiger partial charge < -0.3 is 0 Å². The molecule has 38 valence electrons. The van der Waals surface area contributed by atoms with Crippen LogP contribution >= 0.6 is 12.6 Å². The summed E-state index contributed by atoms with van der Waals surface area (Å²) in [5.41, 5.74) is 0. The van der Waals surface area contributed by atoms with Crippen LogP contribution in [0.1, 0.15) is 13.3 Å². The Balaban J connectivity index is 3.57. The summed E-state index contributed by atoms with van der Waals surface area (Å²) < 4.78 is 0. The monoisotopic (exact) mass is 113 g/mol. The van der Waals surface area contributed by atoms with E-state index >= 15 is 0 Å². The molecule has 0 aromatic carbocycles. The molecule has 0 heterocycles. The number of rotatable bonds is 1. The molecule has 0 atom stereocenters. The van der Waals surface area contributed by atoms with Crippen LogP contribution in [0.4, 0.5) is 0 Å². The van der Waals surface area contributed by atoms with Gasteiger partial charge in [0.05, 0.1) is 4.91 Å². The van der Waals surface area contributed by atoms with Crippen LogP contribution < -0.4 is 0 Å². The predicted octanol–water partition coefficient (Wildman–Crippen LogP) is 1.73. The van der Waals surface area contributed by atoms with E-state index in [4.69, 9.17) is 5.26 Å². The van der Waals surface area contributed by atoms with Gasteiger partial charge in [-0.25, -0.2) is 0 Å². The third-order valence-electron chi connectivity index (χ3n) is 0.512. The Morgan fingerprint density at radius 3 is 2.71 bits per heavy atom. The van der Waals surface area contributed by atoms with Gasteiger partial charge in [-0.2, -0.15) is 5.26 Å². The van der Waals surface area contributed by atoms with E-state index in [-0.39, 0.29) is 0 Å². The Morgan fingerprint density at radius 2 is 2.57 bits per heavy atom. The maximum absolute atomic E-state index is 8.07. The summed E-state index contributed by atoms with van der Waals surface area (Å²) in [6.45, 7) is 1.97. The first-order valence-electron chi connectivity index (χ1n) is 2.10. The zero-order valence-electron chi connectivity index (χ0n) is 4.18. The van der Waals surface area contributed by atoms with Crippen LogP contribution in [-0.4, -0.2) is 0 Å². The lowest BCUT2D eigenvalue weighted by Crippen LogP contribution is -1.59. The van der Waals surface area contributed by atoms with Crippen LogP contribution in [0, 0.1) is 11.3 Å². The Morgan fingerprint density at radius 1 is 2.00 bits per heavy atom. The van der Waals surface area contributed by atoms with Crippen molar-refractivity contribution in [3.05, 3.63) is 11.0 Å². The number of nitriles is 1. The normalized spacial score (nSPS) is 10.7. The van der Waals surface area contributed by atoms with Gasteiger partial charge in [-0.05, 0) is 6.42 Å². The van der Waals surface area contributed by atoms with Gasteiger partial charge in [-0.1, -0.05) is 13.0 Å². The highest BCUT2D eigenvalue weighted by Gasteiger charge is 1.77. The number of hydrogen-bond acceptors (Lipinski definition) is 2. The van der Waals surface area contributed by atoms with Gasteiger partial charge in [0.15, 0.2) is 0 Å². The molecule has 1 nitrogen and oxygen atoms in total. The van der Waals surface area contributed by atoms with Crippen molar-refractivity contribution in [1.29, 1.82) is 5.26 Å². The molecule has 0 aliphatic heterocycles. The van der Waals surface area contributed by atoms with Crippen molar-refractivity contribution in [1.82, 2.24) is 0 Å². The van der Waals surface area contributed by atoms with Gasteiger partial charge in [0.1, 0.15) is 6.07 Å². The van der Waals surface area contributed by atoms with Crippen molar-refractivity contribution in [3.8, 4) is 6.07 Å². The van der Waals surface area contributed by atoms with Crippen LogP contribution in [0.5, 0.6) is 0 Å². The van der Waals surface area contributed by atoms with Crippen molar-refractivity contribution in [2.24, 2.45) is 0 Å². The standard InChI is InChI=1S/C5H7NS/c1-2-3-5(7)4-6/h3,7H,2H2,1H3/b5-3+. The lowest BCUT2D eigenvalue weighted by molar-refractivity contribution is 1.22. The van der Waals surface area contributed by atoms with Gasteiger partial charge in [0.2, 0.25) is 0 Å². The first-order valence-corrected chi connectivity index (χ1v) is 2.55. The molecule has 0 aromatic heterocycles. The van der Waals surface area contributed by atoms with Gasteiger partial charge in [0.25, 0.3) is 0 Å². The molecule has 0 spiro atoms. The fourth-order valence-electron chi connectivity index (χ4n) is 0.239. The van der Waals surface area contributed by atoms with E-state index < -0.39 is 0 Å². The van der Waals surface area contributed by atoms with Gasteiger partial charge >= 0.3 is 0 Å². The Labute approximate surface area is 49.1 Å². The van der Waals surface area contributed by atoms with Crippen LogP contribution in [-0.2, 0) is 0 Å². The quantitative estimate of drug-likeness (QED) is 0.406. The van der Waals surface area contributed by atoms with Crippen LogP contribution in [0.15, 0.2) is 11.0 Å². The number of nitrogens with zero attached hydrogens (tertiary/aromatic N) is 1. The molecular formula is C5H7NS. The lowest BCUT2D eigenvalue weighted by atomic mass is 10.4. The SMILES string of the molecule is CC/C=C(/S)C#N. The second-order valence-corrected chi connectivity index (χ2v) is 1.59. The van der Waals surface area contributed by atoms with Crippen LogP contribution in [0.25, 0.3) is 0 Å². The third-order valence-corrected chi connectivity index (χ3v) is 0.795. The third kappa shape index (κ3) is 3.41. The zero-order chi connectivity index (χ0) is 5.70. The van der Waals surface area contributed by atoms with E-state index in [1.54, 1.807) is 6.08 Å². The summed E-state index contributed by atoms with van der Waals surface area (Å²) in [6.07, 6.45) is 2.65. The summed E-state index contributed by atoms with van der Waals surface area (Å²) in [5, 5.41) is 8.07. The molecule has 0 aromatic rings. The molecule has 0 fully saturated rings. The smallest absolute Gasteiger partial charge is 0.106 e. The van der Waals surface area contributed by atoms with Crippen molar-refractivity contribution in [2.75, 3.05) is 0 Å². The summed E-state index contributed by atoms with van der Waals surface area (Å²) in [7, 11) is 0.